The maximum absolute atomic E-state index is 12.0. The molecule has 20 heavy (non-hydrogen) atoms. The molecule has 1 aromatic rings. The first kappa shape index (κ1) is 14.3. The van der Waals surface area contributed by atoms with Gasteiger partial charge in [-0.25, -0.2) is 9.78 Å². The van der Waals surface area contributed by atoms with Crippen LogP contribution in [0.3, 0.4) is 0 Å². The molecule has 2 heterocycles. The monoisotopic (exact) mass is 278 g/mol. The highest BCUT2D eigenvalue weighted by Crippen LogP contribution is 2.23. The van der Waals surface area contributed by atoms with Gasteiger partial charge < -0.3 is 10.0 Å². The van der Waals surface area contributed by atoms with Gasteiger partial charge in [0.05, 0.1) is 6.54 Å². The fraction of sp³-hybridized carbons (Fsp3) is 0.462. The Morgan fingerprint density at radius 1 is 1.40 bits per heavy atom. The van der Waals surface area contributed by atoms with E-state index in [0.29, 0.717) is 6.54 Å². The predicted octanol–water partition coefficient (Wildman–Crippen LogP) is 0.386. The van der Waals surface area contributed by atoms with Gasteiger partial charge in [0.2, 0.25) is 0 Å². The van der Waals surface area contributed by atoms with Crippen molar-refractivity contribution in [2.75, 3.05) is 31.6 Å². The molecule has 1 saturated heterocycles. The van der Waals surface area contributed by atoms with Gasteiger partial charge in [0, 0.05) is 19.3 Å². The number of nitrogens with zero attached hydrogens (tertiary/aromatic N) is 3. The minimum atomic E-state index is -1.23. The lowest BCUT2D eigenvalue weighted by atomic mass is 10.00. The van der Waals surface area contributed by atoms with Gasteiger partial charge in [-0.15, -0.1) is 0 Å². The van der Waals surface area contributed by atoms with Crippen LogP contribution in [0.15, 0.2) is 24.4 Å². The zero-order valence-electron chi connectivity index (χ0n) is 11.5. The number of likely N-dealkylation sites (N-methyl/N-ethyl adjacent to an activating group) is 1. The first-order valence-corrected chi connectivity index (χ1v) is 6.38. The van der Waals surface area contributed by atoms with E-state index in [0.717, 1.165) is 10.7 Å². The summed E-state index contributed by atoms with van der Waals surface area (Å²) in [7, 11) is 1.60. The van der Waals surface area contributed by atoms with Crippen LogP contribution in [-0.2, 0) is 4.79 Å². The zero-order chi connectivity index (χ0) is 14.8. The van der Waals surface area contributed by atoms with Crippen molar-refractivity contribution in [3.63, 3.8) is 0 Å². The first-order valence-electron chi connectivity index (χ1n) is 6.38. The summed E-state index contributed by atoms with van der Waals surface area (Å²) in [6.07, 6.45) is 0.573. The predicted molar refractivity (Wildman–Crippen MR) is 73.7 cm³/mol. The third-order valence-electron chi connectivity index (χ3n) is 3.67. The van der Waals surface area contributed by atoms with Crippen molar-refractivity contribution in [3.05, 3.63) is 24.4 Å². The molecule has 1 aliphatic heterocycles. The van der Waals surface area contributed by atoms with E-state index in [1.165, 1.54) is 6.92 Å². The third kappa shape index (κ3) is 2.32. The van der Waals surface area contributed by atoms with Gasteiger partial charge in [-0.3, -0.25) is 15.0 Å². The molecule has 2 rings (SSSR count). The number of Topliss-reactive ketones (excluding diaryl/α,β-unsaturated/α-hetero) is 1. The Balaban J connectivity index is 2.33. The Kier molecular flexibility index (Phi) is 3.89. The van der Waals surface area contributed by atoms with Crippen LogP contribution in [0.5, 0.6) is 0 Å². The van der Waals surface area contributed by atoms with Crippen molar-refractivity contribution >= 4 is 17.7 Å². The lowest BCUT2D eigenvalue weighted by Crippen LogP contribution is -2.73. The number of carboxylic acid groups (broad SMARTS) is 1. The van der Waals surface area contributed by atoms with Gasteiger partial charge in [-0.05, 0) is 26.1 Å². The summed E-state index contributed by atoms with van der Waals surface area (Å²) in [5.74, 6) is 0.501. The van der Waals surface area contributed by atoms with E-state index in [-0.39, 0.29) is 18.9 Å². The van der Waals surface area contributed by atoms with Crippen LogP contribution in [0.25, 0.3) is 0 Å². The largest absolute Gasteiger partial charge is 0.465 e. The molecule has 1 atom stereocenters. The zero-order valence-corrected chi connectivity index (χ0v) is 11.5. The second-order valence-electron chi connectivity index (χ2n) is 4.71. The maximum Gasteiger partial charge on any atom is 0.409 e. The minimum absolute atomic E-state index is 0.233. The Hall–Kier alpha value is -2.15. The second-order valence-corrected chi connectivity index (χ2v) is 4.71. The van der Waals surface area contributed by atoms with Crippen molar-refractivity contribution in [1.29, 1.82) is 0 Å². The number of rotatable bonds is 3. The van der Waals surface area contributed by atoms with E-state index in [2.05, 4.69) is 10.3 Å². The van der Waals surface area contributed by atoms with Crippen molar-refractivity contribution in [2.45, 2.75) is 12.6 Å². The number of pyridine rings is 1. The number of amides is 1. The van der Waals surface area contributed by atoms with Crippen LogP contribution >= 0.6 is 0 Å². The third-order valence-corrected chi connectivity index (χ3v) is 3.67. The van der Waals surface area contributed by atoms with Gasteiger partial charge in [-0.1, -0.05) is 6.07 Å². The molecular formula is C13H18N4O3. The lowest BCUT2D eigenvalue weighted by Gasteiger charge is -2.48. The van der Waals surface area contributed by atoms with Gasteiger partial charge >= 0.3 is 6.09 Å². The van der Waals surface area contributed by atoms with E-state index >= 15 is 0 Å². The fourth-order valence-electron chi connectivity index (χ4n) is 2.54. The van der Waals surface area contributed by atoms with Crippen molar-refractivity contribution < 1.29 is 14.7 Å². The van der Waals surface area contributed by atoms with Crippen molar-refractivity contribution in [2.24, 2.45) is 0 Å². The van der Waals surface area contributed by atoms with E-state index in [4.69, 9.17) is 0 Å². The maximum atomic E-state index is 12.0. The van der Waals surface area contributed by atoms with E-state index in [1.54, 1.807) is 13.2 Å². The second kappa shape index (κ2) is 5.46. The Morgan fingerprint density at radius 3 is 2.65 bits per heavy atom. The smallest absolute Gasteiger partial charge is 0.409 e. The average molecular weight is 278 g/mol. The van der Waals surface area contributed by atoms with Gasteiger partial charge in [0.15, 0.2) is 11.4 Å². The number of aromatic nitrogens is 1. The molecule has 1 aromatic heterocycles. The average Bonchev–Trinajstić information content (AvgIpc) is 2.47. The summed E-state index contributed by atoms with van der Waals surface area (Å²) in [5.41, 5.74) is -1.23. The number of nitrogens with one attached hydrogen (secondary N) is 1. The molecule has 108 valence electrons. The molecule has 1 unspecified atom stereocenters. The molecule has 1 fully saturated rings. The summed E-state index contributed by atoms with van der Waals surface area (Å²) in [4.78, 5) is 30.7. The topological polar surface area (TPSA) is 85.8 Å². The number of carbonyl (C=O) groups excluding carboxylic acids is 1. The number of piperazine rings is 1. The fourth-order valence-corrected chi connectivity index (χ4v) is 2.54. The van der Waals surface area contributed by atoms with Crippen molar-refractivity contribution in [1.82, 2.24) is 15.2 Å². The Labute approximate surface area is 117 Å². The standard InChI is InChI=1S/C13H18N4O3/c1-10(18)13(14-2)9-16(7-8-17(13)12(19)20)11-5-3-4-6-15-11/h3-6,14H,7-9H2,1-2H3,(H,19,20). The first-order chi connectivity index (χ1) is 9.51. The van der Waals surface area contributed by atoms with Crippen LogP contribution in [-0.4, -0.2) is 59.2 Å². The number of anilines is 1. The van der Waals surface area contributed by atoms with Gasteiger partial charge in [0.1, 0.15) is 5.82 Å². The highest BCUT2D eigenvalue weighted by molar-refractivity contribution is 5.90. The number of ketones is 1. The normalized spacial score (nSPS) is 22.7. The summed E-state index contributed by atoms with van der Waals surface area (Å²) in [6.45, 7) is 2.38. The summed E-state index contributed by atoms with van der Waals surface area (Å²) < 4.78 is 0. The van der Waals surface area contributed by atoms with Crippen LogP contribution in [0, 0.1) is 0 Å². The molecule has 1 amide bonds. The van der Waals surface area contributed by atoms with Crippen molar-refractivity contribution in [3.8, 4) is 0 Å². The summed E-state index contributed by atoms with van der Waals surface area (Å²) in [5, 5.41) is 12.2. The van der Waals surface area contributed by atoms with Crippen LogP contribution < -0.4 is 10.2 Å². The Bertz CT molecular complexity index is 508. The van der Waals surface area contributed by atoms with Crippen LogP contribution in [0.2, 0.25) is 0 Å². The van der Waals surface area contributed by atoms with Gasteiger partial charge in [-0.2, -0.15) is 0 Å². The summed E-state index contributed by atoms with van der Waals surface area (Å²) in [6, 6.07) is 5.52. The molecule has 0 aromatic carbocycles. The van der Waals surface area contributed by atoms with Crippen LogP contribution in [0.1, 0.15) is 6.92 Å². The van der Waals surface area contributed by atoms with E-state index in [9.17, 15) is 14.7 Å². The van der Waals surface area contributed by atoms with E-state index in [1.807, 2.05) is 23.1 Å². The van der Waals surface area contributed by atoms with Gasteiger partial charge in [0.25, 0.3) is 0 Å². The number of hydrogen-bond donors (Lipinski definition) is 2. The SMILES string of the molecule is CNC1(C(C)=O)CN(c2ccccn2)CCN1C(=O)O. The highest BCUT2D eigenvalue weighted by atomic mass is 16.4. The minimum Gasteiger partial charge on any atom is -0.465 e. The molecule has 0 saturated carbocycles. The lowest BCUT2D eigenvalue weighted by molar-refractivity contribution is -0.130. The van der Waals surface area contributed by atoms with Crippen LogP contribution in [0.4, 0.5) is 10.6 Å². The molecule has 2 N–H and O–H groups in total. The molecule has 0 spiro atoms. The molecular weight excluding hydrogens is 260 g/mol. The summed E-state index contributed by atoms with van der Waals surface area (Å²) >= 11 is 0. The molecule has 0 bridgehead atoms. The number of carbonyl (C=O) groups is 2. The number of hydrogen-bond acceptors (Lipinski definition) is 5. The Morgan fingerprint density at radius 2 is 2.15 bits per heavy atom. The molecule has 7 nitrogen and oxygen atoms in total. The molecule has 0 aliphatic carbocycles. The molecule has 1 aliphatic rings. The molecule has 0 radical (unpaired) electrons. The van der Waals surface area contributed by atoms with E-state index < -0.39 is 11.8 Å². The quantitative estimate of drug-likeness (QED) is 0.831. The highest BCUT2D eigenvalue weighted by Gasteiger charge is 2.47. The molecule has 7 heteroatoms.